The highest BCUT2D eigenvalue weighted by molar-refractivity contribution is 6.39. The van der Waals surface area contributed by atoms with E-state index in [-0.39, 0.29) is 24.3 Å². The lowest BCUT2D eigenvalue weighted by Crippen LogP contribution is -2.40. The molecule has 0 saturated carbocycles. The average molecular weight is 300 g/mol. The average Bonchev–Trinajstić information content (AvgIpc) is 2.39. The number of hydrogen-bond donors (Lipinski definition) is 3. The molecule has 116 valence electrons. The summed E-state index contributed by atoms with van der Waals surface area (Å²) < 4.78 is 26.1. The molecule has 2 amide bonds. The van der Waals surface area contributed by atoms with Gasteiger partial charge in [-0.05, 0) is 24.0 Å². The maximum Gasteiger partial charge on any atom is 0.313 e. The number of aliphatic hydroxyl groups is 1. The van der Waals surface area contributed by atoms with E-state index in [0.717, 1.165) is 12.1 Å². The van der Waals surface area contributed by atoms with E-state index in [1.54, 1.807) is 0 Å². The molecule has 5 nitrogen and oxygen atoms in total. The lowest BCUT2D eigenvalue weighted by Gasteiger charge is -2.23. The van der Waals surface area contributed by atoms with E-state index in [1.165, 1.54) is 0 Å². The fraction of sp³-hybridized carbons (Fsp3) is 0.429. The third-order valence-corrected chi connectivity index (χ3v) is 2.90. The fourth-order valence-corrected chi connectivity index (χ4v) is 1.56. The van der Waals surface area contributed by atoms with Crippen LogP contribution < -0.4 is 10.6 Å². The number of rotatable bonds is 5. The van der Waals surface area contributed by atoms with Gasteiger partial charge in [0.25, 0.3) is 0 Å². The Morgan fingerprint density at radius 1 is 1.24 bits per heavy atom. The van der Waals surface area contributed by atoms with Crippen LogP contribution in [0.15, 0.2) is 18.2 Å². The van der Waals surface area contributed by atoms with Crippen LogP contribution in [-0.2, 0) is 9.59 Å². The molecule has 1 aromatic rings. The standard InChI is InChI=1S/C14H18F2N2O3/c1-14(2,5-6-19)8-17-12(20)13(21)18-11-4-3-9(15)7-10(11)16/h3-4,7,19H,5-6,8H2,1-2H3,(H,17,20)(H,18,21). The van der Waals surface area contributed by atoms with E-state index in [1.807, 2.05) is 13.8 Å². The molecule has 0 aliphatic carbocycles. The Morgan fingerprint density at radius 2 is 1.90 bits per heavy atom. The summed E-state index contributed by atoms with van der Waals surface area (Å²) in [5, 5.41) is 13.3. The van der Waals surface area contributed by atoms with Gasteiger partial charge in [0, 0.05) is 19.2 Å². The lowest BCUT2D eigenvalue weighted by atomic mass is 9.90. The molecule has 1 rings (SSSR count). The van der Waals surface area contributed by atoms with Crippen LogP contribution in [0, 0.1) is 17.0 Å². The molecule has 1 aromatic carbocycles. The van der Waals surface area contributed by atoms with E-state index >= 15 is 0 Å². The van der Waals surface area contributed by atoms with Crippen LogP contribution in [0.2, 0.25) is 0 Å². The summed E-state index contributed by atoms with van der Waals surface area (Å²) in [6.45, 7) is 3.80. The third kappa shape index (κ3) is 5.47. The minimum absolute atomic E-state index is 0.0319. The van der Waals surface area contributed by atoms with Crippen molar-refractivity contribution in [2.24, 2.45) is 5.41 Å². The smallest absolute Gasteiger partial charge is 0.313 e. The molecule has 0 aromatic heterocycles. The number of amides is 2. The van der Waals surface area contributed by atoms with Crippen LogP contribution in [0.3, 0.4) is 0 Å². The normalized spacial score (nSPS) is 11.1. The highest BCUT2D eigenvalue weighted by atomic mass is 19.1. The zero-order valence-corrected chi connectivity index (χ0v) is 11.9. The Balaban J connectivity index is 2.57. The van der Waals surface area contributed by atoms with Crippen LogP contribution in [0.5, 0.6) is 0 Å². The Morgan fingerprint density at radius 3 is 2.48 bits per heavy atom. The van der Waals surface area contributed by atoms with Crippen LogP contribution in [0.25, 0.3) is 0 Å². The zero-order valence-electron chi connectivity index (χ0n) is 11.9. The molecule has 0 bridgehead atoms. The predicted molar refractivity (Wildman–Crippen MR) is 73.5 cm³/mol. The van der Waals surface area contributed by atoms with Gasteiger partial charge >= 0.3 is 11.8 Å². The molecule has 0 atom stereocenters. The molecule has 0 fully saturated rings. The van der Waals surface area contributed by atoms with Gasteiger partial charge in [-0.25, -0.2) is 8.78 Å². The first-order valence-corrected chi connectivity index (χ1v) is 6.40. The van der Waals surface area contributed by atoms with Gasteiger partial charge < -0.3 is 15.7 Å². The van der Waals surface area contributed by atoms with Crippen molar-refractivity contribution in [3.8, 4) is 0 Å². The van der Waals surface area contributed by atoms with Gasteiger partial charge in [-0.1, -0.05) is 13.8 Å². The number of halogens is 2. The zero-order chi connectivity index (χ0) is 16.0. The minimum Gasteiger partial charge on any atom is -0.396 e. The second-order valence-corrected chi connectivity index (χ2v) is 5.40. The summed E-state index contributed by atoms with van der Waals surface area (Å²) in [6.07, 6.45) is 0.460. The van der Waals surface area contributed by atoms with E-state index in [9.17, 15) is 18.4 Å². The molecule has 0 saturated heterocycles. The lowest BCUT2D eigenvalue weighted by molar-refractivity contribution is -0.136. The third-order valence-electron chi connectivity index (χ3n) is 2.90. The summed E-state index contributed by atoms with van der Waals surface area (Å²) in [7, 11) is 0. The monoisotopic (exact) mass is 300 g/mol. The molecular weight excluding hydrogens is 282 g/mol. The van der Waals surface area contributed by atoms with Gasteiger partial charge in [0.15, 0.2) is 0 Å². The van der Waals surface area contributed by atoms with Crippen LogP contribution >= 0.6 is 0 Å². The highest BCUT2D eigenvalue weighted by Crippen LogP contribution is 2.18. The highest BCUT2D eigenvalue weighted by Gasteiger charge is 2.21. The Kier molecular flexibility index (Phi) is 5.78. The Hall–Kier alpha value is -2.02. The van der Waals surface area contributed by atoms with E-state index in [4.69, 9.17) is 5.11 Å². The first kappa shape index (κ1) is 17.0. The molecule has 3 N–H and O–H groups in total. The molecule has 0 aliphatic rings. The quantitative estimate of drug-likeness (QED) is 0.720. The summed E-state index contributed by atoms with van der Waals surface area (Å²) in [6, 6.07) is 2.62. The van der Waals surface area contributed by atoms with Gasteiger partial charge in [-0.15, -0.1) is 0 Å². The molecule has 7 heteroatoms. The van der Waals surface area contributed by atoms with Gasteiger partial charge in [-0.2, -0.15) is 0 Å². The van der Waals surface area contributed by atoms with E-state index < -0.39 is 23.4 Å². The van der Waals surface area contributed by atoms with Gasteiger partial charge in [0.1, 0.15) is 11.6 Å². The second-order valence-electron chi connectivity index (χ2n) is 5.40. The number of anilines is 1. The molecule has 0 radical (unpaired) electrons. The summed E-state index contributed by atoms with van der Waals surface area (Å²) in [4.78, 5) is 23.2. The van der Waals surface area contributed by atoms with Gasteiger partial charge in [0.05, 0.1) is 5.69 Å². The first-order chi connectivity index (χ1) is 9.75. The maximum atomic E-state index is 13.3. The topological polar surface area (TPSA) is 78.4 Å². The maximum absolute atomic E-state index is 13.3. The molecular formula is C14H18F2N2O3. The van der Waals surface area contributed by atoms with Crippen molar-refractivity contribution in [2.75, 3.05) is 18.5 Å². The number of carbonyl (C=O) groups excluding carboxylic acids is 2. The van der Waals surface area contributed by atoms with Crippen molar-refractivity contribution in [1.29, 1.82) is 0 Å². The second kappa shape index (κ2) is 7.12. The molecule has 0 heterocycles. The largest absolute Gasteiger partial charge is 0.396 e. The number of hydrogen-bond acceptors (Lipinski definition) is 3. The summed E-state index contributed by atoms with van der Waals surface area (Å²) in [5.41, 5.74) is -0.641. The van der Waals surface area contributed by atoms with Crippen LogP contribution in [-0.4, -0.2) is 30.1 Å². The van der Waals surface area contributed by atoms with Crippen LogP contribution in [0.4, 0.5) is 14.5 Å². The van der Waals surface area contributed by atoms with Crippen molar-refractivity contribution < 1.29 is 23.5 Å². The summed E-state index contributed by atoms with van der Waals surface area (Å²) >= 11 is 0. The van der Waals surface area contributed by atoms with E-state index in [2.05, 4.69) is 10.6 Å². The molecule has 0 spiro atoms. The van der Waals surface area contributed by atoms with Crippen molar-refractivity contribution in [3.63, 3.8) is 0 Å². The van der Waals surface area contributed by atoms with Crippen molar-refractivity contribution >= 4 is 17.5 Å². The Labute approximate surface area is 121 Å². The van der Waals surface area contributed by atoms with E-state index in [0.29, 0.717) is 12.5 Å². The Bertz CT molecular complexity index is 533. The number of carbonyl (C=O) groups is 2. The first-order valence-electron chi connectivity index (χ1n) is 6.40. The number of benzene rings is 1. The predicted octanol–water partition coefficient (Wildman–Crippen LogP) is 1.43. The van der Waals surface area contributed by atoms with Gasteiger partial charge in [-0.3, -0.25) is 9.59 Å². The SMILES string of the molecule is CC(C)(CCO)CNC(=O)C(=O)Nc1ccc(F)cc1F. The molecule has 0 unspecified atom stereocenters. The number of nitrogens with one attached hydrogen (secondary N) is 2. The molecule has 0 aliphatic heterocycles. The summed E-state index contributed by atoms with van der Waals surface area (Å²) in [5.74, 6) is -3.71. The van der Waals surface area contributed by atoms with Crippen molar-refractivity contribution in [1.82, 2.24) is 5.32 Å². The van der Waals surface area contributed by atoms with Crippen LogP contribution in [0.1, 0.15) is 20.3 Å². The van der Waals surface area contributed by atoms with Crippen molar-refractivity contribution in [3.05, 3.63) is 29.8 Å². The fourth-order valence-electron chi connectivity index (χ4n) is 1.56. The van der Waals surface area contributed by atoms with Gasteiger partial charge in [0.2, 0.25) is 0 Å². The number of aliphatic hydroxyl groups excluding tert-OH is 1. The molecule has 21 heavy (non-hydrogen) atoms. The van der Waals surface area contributed by atoms with Crippen molar-refractivity contribution in [2.45, 2.75) is 20.3 Å². The minimum atomic E-state index is -1.04.